The fraction of sp³-hybridized carbons (Fsp3) is 0.500. The lowest BCUT2D eigenvalue weighted by molar-refractivity contribution is 0.0783. The van der Waals surface area contributed by atoms with Gasteiger partial charge in [0.05, 0.1) is 6.20 Å². The van der Waals surface area contributed by atoms with E-state index in [0.29, 0.717) is 10.7 Å². The van der Waals surface area contributed by atoms with E-state index in [1.54, 1.807) is 25.6 Å². The van der Waals surface area contributed by atoms with E-state index in [1.165, 1.54) is 6.20 Å². The minimum atomic E-state index is -3.49. The Balaban J connectivity index is 2.46. The number of thiazole rings is 1. The maximum Gasteiger partial charge on any atom is 0.354 e. The molecule has 4 N–H and O–H groups in total. The van der Waals surface area contributed by atoms with Crippen LogP contribution in [-0.2, 0) is 15.5 Å². The minimum Gasteiger partial charge on any atom is -0.383 e. The van der Waals surface area contributed by atoms with Gasteiger partial charge in [-0.15, -0.1) is 27.5 Å². The lowest BCUT2D eigenvalue weighted by Crippen LogP contribution is -2.18. The molecule has 0 fully saturated rings. The number of carbonyl (C=O) groups excluding carboxylic acids is 1. The van der Waals surface area contributed by atoms with Crippen LogP contribution in [0.15, 0.2) is 31.8 Å². The Hall–Kier alpha value is -1.46. The van der Waals surface area contributed by atoms with Crippen LogP contribution in [0.4, 0.5) is 10.5 Å². The fourth-order valence-electron chi connectivity index (χ4n) is 2.81. The summed E-state index contributed by atoms with van der Waals surface area (Å²) in [5, 5.41) is 19.1. The van der Waals surface area contributed by atoms with Crippen molar-refractivity contribution in [2.45, 2.75) is 68.1 Å². The number of aliphatic hydroxyl groups is 1. The second-order valence-corrected chi connectivity index (χ2v) is 12.1. The number of nitrogens with two attached hydrogens (primary N) is 1. The third kappa shape index (κ3) is 5.82. The first-order valence-electron chi connectivity index (χ1n) is 9.52. The van der Waals surface area contributed by atoms with Crippen molar-refractivity contribution in [3.63, 3.8) is 0 Å². The van der Waals surface area contributed by atoms with Gasteiger partial charge in [-0.2, -0.15) is 0 Å². The van der Waals surface area contributed by atoms with Crippen LogP contribution in [0.25, 0.3) is 0 Å². The van der Waals surface area contributed by atoms with Gasteiger partial charge in [-0.1, -0.05) is 27.7 Å². The molecule has 1 atom stereocenters. The van der Waals surface area contributed by atoms with E-state index in [0.717, 1.165) is 27.4 Å². The summed E-state index contributed by atoms with van der Waals surface area (Å²) < 4.78 is 16.8. The highest BCUT2D eigenvalue weighted by molar-refractivity contribution is 7.98. The van der Waals surface area contributed by atoms with E-state index in [9.17, 15) is 14.1 Å². The first kappa shape index (κ1) is 24.8. The zero-order valence-electron chi connectivity index (χ0n) is 18.3. The van der Waals surface area contributed by atoms with E-state index in [-0.39, 0.29) is 16.0 Å². The highest BCUT2D eigenvalue weighted by Gasteiger charge is 2.24. The molecular weight excluding hydrogens is 440 g/mol. The number of anilines is 1. The van der Waals surface area contributed by atoms with Crippen LogP contribution in [0.1, 0.15) is 69.5 Å². The highest BCUT2D eigenvalue weighted by Crippen LogP contribution is 2.36. The first-order valence-corrected chi connectivity index (χ1v) is 13.1. The topological polar surface area (TPSA) is 118 Å². The number of thioether (sulfide) groups is 1. The van der Waals surface area contributed by atoms with Crippen LogP contribution in [0.5, 0.6) is 0 Å². The maximum atomic E-state index is 12.9. The molecule has 10 heteroatoms. The Morgan fingerprint density at radius 2 is 1.80 bits per heavy atom. The normalized spacial score (nSPS) is 14.1. The summed E-state index contributed by atoms with van der Waals surface area (Å²) in [7, 11) is -3.49. The van der Waals surface area contributed by atoms with Crippen LogP contribution in [0.3, 0.4) is 0 Å². The molecule has 2 amide bonds. The molecule has 2 aromatic rings. The number of rotatable bonds is 6. The van der Waals surface area contributed by atoms with E-state index in [2.05, 4.69) is 54.5 Å². The number of amides is 2. The minimum absolute atomic E-state index is 0.140. The van der Waals surface area contributed by atoms with Gasteiger partial charge < -0.3 is 10.4 Å². The van der Waals surface area contributed by atoms with Gasteiger partial charge >= 0.3 is 6.03 Å². The molecule has 0 radical (unpaired) electrons. The Morgan fingerprint density at radius 1 is 1.27 bits per heavy atom. The largest absolute Gasteiger partial charge is 0.383 e. The predicted octanol–water partition coefficient (Wildman–Crippen LogP) is 5.27. The average Bonchev–Trinajstić information content (AvgIpc) is 3.12. The molecule has 0 aliphatic heterocycles. The molecule has 1 aromatic heterocycles. The van der Waals surface area contributed by atoms with Crippen LogP contribution < -0.4 is 10.5 Å². The molecule has 7 nitrogen and oxygen atoms in total. The van der Waals surface area contributed by atoms with Crippen LogP contribution in [0.2, 0.25) is 0 Å². The third-order valence-electron chi connectivity index (χ3n) is 4.40. The van der Waals surface area contributed by atoms with Gasteiger partial charge in [0.15, 0.2) is 9.92 Å². The number of hydrogen-bond donors (Lipinski definition) is 3. The van der Waals surface area contributed by atoms with Crippen molar-refractivity contribution in [1.29, 1.82) is 0 Å². The molecule has 1 heterocycles. The number of hydrogen-bond acceptors (Lipinski definition) is 6. The number of nitrogens with zero attached hydrogens (tertiary/aromatic N) is 2. The molecule has 0 aliphatic rings. The van der Waals surface area contributed by atoms with Crippen molar-refractivity contribution in [3.8, 4) is 0 Å². The average molecular weight is 471 g/mol. The number of urea groups is 1. The van der Waals surface area contributed by atoms with Gasteiger partial charge in [0.25, 0.3) is 0 Å². The fourth-order valence-corrected chi connectivity index (χ4v) is 5.36. The van der Waals surface area contributed by atoms with E-state index in [1.807, 2.05) is 6.26 Å². The van der Waals surface area contributed by atoms with Gasteiger partial charge in [0.2, 0.25) is 0 Å². The number of benzene rings is 1. The van der Waals surface area contributed by atoms with Crippen molar-refractivity contribution >= 4 is 44.7 Å². The molecular formula is C20H30N4O3S3. The monoisotopic (exact) mass is 470 g/mol. The Kier molecular flexibility index (Phi) is 7.73. The van der Waals surface area contributed by atoms with Crippen LogP contribution >= 0.6 is 23.1 Å². The summed E-state index contributed by atoms with van der Waals surface area (Å²) in [6.45, 7) is 11.3. The Morgan fingerprint density at radius 3 is 2.20 bits per heavy atom. The molecule has 1 aromatic carbocycles. The summed E-state index contributed by atoms with van der Waals surface area (Å²) in [6.07, 6.45) is 3.31. The van der Waals surface area contributed by atoms with Gasteiger partial charge in [-0.05, 0) is 55.2 Å². The first-order chi connectivity index (χ1) is 13.8. The number of aromatic nitrogens is 1. The van der Waals surface area contributed by atoms with Gasteiger partial charge in [0.1, 0.15) is 14.8 Å². The Bertz CT molecular complexity index is 1020. The number of carbonyl (C=O) groups is 1. The van der Waals surface area contributed by atoms with Gasteiger partial charge in [0, 0.05) is 10.6 Å². The van der Waals surface area contributed by atoms with Crippen molar-refractivity contribution < 1.29 is 14.1 Å². The van der Waals surface area contributed by atoms with Crippen LogP contribution in [-0.4, -0.2) is 26.6 Å². The lowest BCUT2D eigenvalue weighted by Gasteiger charge is -2.21. The molecule has 0 saturated heterocycles. The zero-order valence-corrected chi connectivity index (χ0v) is 20.8. The summed E-state index contributed by atoms with van der Waals surface area (Å²) in [4.78, 5) is 17.9. The van der Waals surface area contributed by atoms with Crippen LogP contribution in [0, 0.1) is 0 Å². The maximum absolute atomic E-state index is 12.9. The molecule has 0 bridgehead atoms. The standard InChI is InChI=1S/C20H30N4O3S3/c1-11(2)14-8-13(28-7)9-15(12(3)4)17(14)23-19(25)24-30(21,27)16-10-22-18(29-16)20(5,6)26/h8-12,26H,1-7H3,(H3,21,23,24,25,27). The highest BCUT2D eigenvalue weighted by atomic mass is 32.2. The smallest absolute Gasteiger partial charge is 0.354 e. The molecule has 0 saturated carbocycles. The van der Waals surface area contributed by atoms with Gasteiger partial charge in [-0.3, -0.25) is 0 Å². The lowest BCUT2D eigenvalue weighted by atomic mass is 9.92. The molecule has 30 heavy (non-hydrogen) atoms. The van der Waals surface area contributed by atoms with Crippen molar-refractivity contribution in [3.05, 3.63) is 34.5 Å². The molecule has 0 spiro atoms. The van der Waals surface area contributed by atoms with E-state index < -0.39 is 21.5 Å². The second-order valence-electron chi connectivity index (χ2n) is 8.12. The van der Waals surface area contributed by atoms with Crippen molar-refractivity contribution in [1.82, 2.24) is 4.98 Å². The van der Waals surface area contributed by atoms with Crippen molar-refractivity contribution in [2.24, 2.45) is 9.50 Å². The summed E-state index contributed by atoms with van der Waals surface area (Å²) in [5.41, 5.74) is 1.46. The number of nitrogens with one attached hydrogen (secondary N) is 1. The summed E-state index contributed by atoms with van der Waals surface area (Å²) in [5.74, 6) is 0.339. The molecule has 166 valence electrons. The van der Waals surface area contributed by atoms with Crippen molar-refractivity contribution in [2.75, 3.05) is 11.6 Å². The zero-order chi connectivity index (χ0) is 22.9. The predicted molar refractivity (Wildman–Crippen MR) is 126 cm³/mol. The van der Waals surface area contributed by atoms with Gasteiger partial charge in [-0.25, -0.2) is 19.1 Å². The molecule has 2 rings (SSSR count). The van der Waals surface area contributed by atoms with E-state index in [4.69, 9.17) is 5.14 Å². The quantitative estimate of drug-likeness (QED) is 0.497. The summed E-state index contributed by atoms with van der Waals surface area (Å²) >= 11 is 2.62. The summed E-state index contributed by atoms with van der Waals surface area (Å²) in [6, 6.07) is 3.33. The third-order valence-corrected chi connectivity index (χ3v) is 8.30. The SMILES string of the molecule is CSc1cc(C(C)C)c(NC(=O)N=S(N)(=O)c2cnc(C(C)(C)O)s2)c(C(C)C)c1. The molecule has 1 unspecified atom stereocenters. The molecule has 0 aliphatic carbocycles. The second kappa shape index (κ2) is 9.35. The van der Waals surface area contributed by atoms with E-state index >= 15 is 0 Å². The Labute approximate surface area is 187 Å².